The molecule has 20 heavy (non-hydrogen) atoms. The van der Waals surface area contributed by atoms with E-state index in [1.54, 1.807) is 0 Å². The van der Waals surface area contributed by atoms with E-state index in [9.17, 15) is 0 Å². The van der Waals surface area contributed by atoms with Crippen LogP contribution in [0.25, 0.3) is 0 Å². The molecular weight excluding hydrogens is 251 g/mol. The minimum atomic E-state index is -0.366. The van der Waals surface area contributed by atoms with E-state index in [4.69, 9.17) is 15.0 Å². The number of nitrogens with two attached hydrogens (primary N) is 1. The maximum atomic E-state index is 6.27. The van der Waals surface area contributed by atoms with Gasteiger partial charge in [0, 0.05) is 22.9 Å². The molecule has 1 aromatic heterocycles. The van der Waals surface area contributed by atoms with Gasteiger partial charge in [-0.15, -0.1) is 0 Å². The third-order valence-electron chi connectivity index (χ3n) is 5.00. The average molecular weight is 274 g/mol. The Labute approximate surface area is 121 Å². The molecule has 0 unspecified atom stereocenters. The molecule has 0 bridgehead atoms. The maximum Gasteiger partial charge on any atom is 0.496 e. The van der Waals surface area contributed by atoms with Gasteiger partial charge in [0.05, 0.1) is 11.2 Å². The first-order valence-electron chi connectivity index (χ1n) is 7.26. The molecule has 2 fully saturated rings. The predicted octanol–water partition coefficient (Wildman–Crippen LogP) is 1.64. The topological polar surface area (TPSA) is 57.4 Å². The van der Waals surface area contributed by atoms with Gasteiger partial charge in [-0.2, -0.15) is 0 Å². The fraction of sp³-hybridized carbons (Fsp3) is 0.667. The van der Waals surface area contributed by atoms with Crippen LogP contribution in [0.15, 0.2) is 12.3 Å². The third-order valence-corrected chi connectivity index (χ3v) is 5.00. The second kappa shape index (κ2) is 4.06. The second-order valence-corrected chi connectivity index (χ2v) is 7.14. The summed E-state index contributed by atoms with van der Waals surface area (Å²) in [5.41, 5.74) is 8.45. The van der Waals surface area contributed by atoms with Crippen molar-refractivity contribution in [2.45, 2.75) is 64.2 Å². The number of pyridine rings is 1. The molecule has 1 aliphatic heterocycles. The summed E-state index contributed by atoms with van der Waals surface area (Å²) in [6, 6.07) is 2.11. The Hall–Kier alpha value is -0.905. The van der Waals surface area contributed by atoms with Crippen molar-refractivity contribution in [1.29, 1.82) is 0 Å². The summed E-state index contributed by atoms with van der Waals surface area (Å²) in [6.07, 6.45) is 3.94. The molecule has 1 aromatic rings. The molecule has 5 heteroatoms. The summed E-state index contributed by atoms with van der Waals surface area (Å²) in [5, 5.41) is 0. The van der Waals surface area contributed by atoms with Crippen molar-refractivity contribution in [3.63, 3.8) is 0 Å². The highest BCUT2D eigenvalue weighted by molar-refractivity contribution is 6.62. The molecule has 0 amide bonds. The summed E-state index contributed by atoms with van der Waals surface area (Å²) >= 11 is 0. The Morgan fingerprint density at radius 2 is 1.70 bits per heavy atom. The highest BCUT2D eigenvalue weighted by Crippen LogP contribution is 2.42. The van der Waals surface area contributed by atoms with Gasteiger partial charge in [-0.3, -0.25) is 4.98 Å². The van der Waals surface area contributed by atoms with E-state index in [0.717, 1.165) is 29.6 Å². The average Bonchev–Trinajstić information content (AvgIpc) is 3.02. The van der Waals surface area contributed by atoms with Gasteiger partial charge < -0.3 is 15.0 Å². The van der Waals surface area contributed by atoms with E-state index in [-0.39, 0.29) is 23.9 Å². The summed E-state index contributed by atoms with van der Waals surface area (Å²) in [4.78, 5) is 4.49. The Balaban J connectivity index is 1.95. The van der Waals surface area contributed by atoms with Crippen LogP contribution in [0.4, 0.5) is 0 Å². The molecule has 0 radical (unpaired) electrons. The van der Waals surface area contributed by atoms with Crippen molar-refractivity contribution < 1.29 is 9.31 Å². The van der Waals surface area contributed by atoms with E-state index in [1.165, 1.54) is 0 Å². The van der Waals surface area contributed by atoms with Crippen LogP contribution in [0.2, 0.25) is 0 Å². The van der Waals surface area contributed by atoms with Crippen LogP contribution in [0.3, 0.4) is 0 Å². The number of aromatic nitrogens is 1. The van der Waals surface area contributed by atoms with Crippen LogP contribution in [-0.2, 0) is 14.8 Å². The van der Waals surface area contributed by atoms with Gasteiger partial charge in [0.2, 0.25) is 0 Å². The van der Waals surface area contributed by atoms with E-state index in [1.807, 2.05) is 13.1 Å². The van der Waals surface area contributed by atoms with Gasteiger partial charge in [-0.25, -0.2) is 0 Å². The second-order valence-electron chi connectivity index (χ2n) is 7.14. The quantitative estimate of drug-likeness (QED) is 0.833. The molecule has 0 aromatic carbocycles. The molecule has 1 saturated carbocycles. The Bertz CT molecular complexity index is 537. The zero-order valence-electron chi connectivity index (χ0n) is 13.0. The Kier molecular flexibility index (Phi) is 2.85. The molecular formula is C15H23BN2O2. The molecule has 2 heterocycles. The smallest absolute Gasteiger partial charge is 0.399 e. The zero-order valence-corrected chi connectivity index (χ0v) is 13.0. The lowest BCUT2D eigenvalue weighted by atomic mass is 9.77. The first kappa shape index (κ1) is 14.0. The molecule has 1 saturated heterocycles. The summed E-state index contributed by atoms with van der Waals surface area (Å²) in [5.74, 6) is 0. The first-order chi connectivity index (χ1) is 9.15. The van der Waals surface area contributed by atoms with Crippen LogP contribution in [0.1, 0.15) is 51.8 Å². The number of rotatable bonds is 2. The van der Waals surface area contributed by atoms with Gasteiger partial charge in [0.15, 0.2) is 0 Å². The third kappa shape index (κ3) is 2.08. The van der Waals surface area contributed by atoms with Crippen molar-refractivity contribution in [2.24, 2.45) is 5.73 Å². The minimum absolute atomic E-state index is 0.181. The molecule has 3 rings (SSSR count). The van der Waals surface area contributed by atoms with E-state index in [2.05, 4.69) is 38.7 Å². The minimum Gasteiger partial charge on any atom is -0.399 e. The number of nitrogens with zero attached hydrogens (tertiary/aromatic N) is 1. The van der Waals surface area contributed by atoms with Crippen LogP contribution in [0, 0.1) is 6.92 Å². The highest BCUT2D eigenvalue weighted by Gasteiger charge is 2.52. The summed E-state index contributed by atoms with van der Waals surface area (Å²) in [6.45, 7) is 10.2. The first-order valence-corrected chi connectivity index (χ1v) is 7.26. The lowest BCUT2D eigenvalue weighted by Gasteiger charge is -2.32. The fourth-order valence-corrected chi connectivity index (χ4v) is 2.45. The van der Waals surface area contributed by atoms with Crippen LogP contribution < -0.4 is 11.2 Å². The van der Waals surface area contributed by atoms with Crippen molar-refractivity contribution in [3.05, 3.63) is 23.5 Å². The Morgan fingerprint density at radius 3 is 2.20 bits per heavy atom. The van der Waals surface area contributed by atoms with Gasteiger partial charge in [0.25, 0.3) is 0 Å². The Morgan fingerprint density at radius 1 is 1.15 bits per heavy atom. The molecule has 2 aliphatic rings. The van der Waals surface area contributed by atoms with E-state index >= 15 is 0 Å². The largest absolute Gasteiger partial charge is 0.496 e. The molecule has 2 N–H and O–H groups in total. The van der Waals surface area contributed by atoms with Crippen LogP contribution in [-0.4, -0.2) is 23.3 Å². The monoisotopic (exact) mass is 274 g/mol. The summed E-state index contributed by atoms with van der Waals surface area (Å²) < 4.78 is 12.2. The van der Waals surface area contributed by atoms with E-state index in [0.29, 0.717) is 0 Å². The van der Waals surface area contributed by atoms with Crippen molar-refractivity contribution >= 4 is 12.6 Å². The molecule has 0 spiro atoms. The maximum absolute atomic E-state index is 6.27. The van der Waals surface area contributed by atoms with Crippen molar-refractivity contribution in [1.82, 2.24) is 4.98 Å². The number of hydrogen-bond acceptors (Lipinski definition) is 4. The van der Waals surface area contributed by atoms with Crippen LogP contribution >= 0.6 is 0 Å². The van der Waals surface area contributed by atoms with Crippen molar-refractivity contribution in [2.75, 3.05) is 0 Å². The molecule has 4 nitrogen and oxygen atoms in total. The zero-order chi connectivity index (χ0) is 14.8. The lowest BCUT2D eigenvalue weighted by molar-refractivity contribution is 0.00578. The van der Waals surface area contributed by atoms with Gasteiger partial charge in [-0.1, -0.05) is 6.07 Å². The molecule has 1 aliphatic carbocycles. The molecule has 0 atom stereocenters. The standard InChI is InChI=1S/C15H23BN2O2/c1-10-12(8-11(9-18-10)15(17)6-7-15)16-19-13(2,3)14(4,5)20-16/h8-9H,6-7,17H2,1-5H3. The van der Waals surface area contributed by atoms with Gasteiger partial charge >= 0.3 is 7.12 Å². The summed E-state index contributed by atoms with van der Waals surface area (Å²) in [7, 11) is -0.366. The fourth-order valence-electron chi connectivity index (χ4n) is 2.45. The number of hydrogen-bond donors (Lipinski definition) is 1. The SMILES string of the molecule is Cc1ncc(C2(N)CC2)cc1B1OC(C)(C)C(C)(C)O1. The van der Waals surface area contributed by atoms with Crippen molar-refractivity contribution in [3.8, 4) is 0 Å². The van der Waals surface area contributed by atoms with Gasteiger partial charge in [-0.05, 0) is 53.0 Å². The normalized spacial score (nSPS) is 25.8. The lowest BCUT2D eigenvalue weighted by Crippen LogP contribution is -2.41. The predicted molar refractivity (Wildman–Crippen MR) is 79.8 cm³/mol. The van der Waals surface area contributed by atoms with E-state index < -0.39 is 0 Å². The molecule has 108 valence electrons. The van der Waals surface area contributed by atoms with Gasteiger partial charge in [0.1, 0.15) is 0 Å². The number of aryl methyl sites for hydroxylation is 1. The van der Waals surface area contributed by atoms with Crippen LogP contribution in [0.5, 0.6) is 0 Å². The highest BCUT2D eigenvalue weighted by atomic mass is 16.7.